The summed E-state index contributed by atoms with van der Waals surface area (Å²) < 4.78 is 0. The Balaban J connectivity index is 2.35. The van der Waals surface area contributed by atoms with E-state index in [0.29, 0.717) is 19.5 Å². The molecule has 0 bridgehead atoms. The Labute approximate surface area is 103 Å². The number of likely N-dealkylation sites (tertiary alicyclic amines) is 1. The molecule has 3 N–H and O–H groups in total. The minimum atomic E-state index is -0.0893. The van der Waals surface area contributed by atoms with Crippen molar-refractivity contribution in [3.63, 3.8) is 0 Å². The Morgan fingerprint density at radius 2 is 2.29 bits per heavy atom. The van der Waals surface area contributed by atoms with Gasteiger partial charge in [-0.2, -0.15) is 0 Å². The maximum absolute atomic E-state index is 11.7. The molecule has 0 aromatic rings. The summed E-state index contributed by atoms with van der Waals surface area (Å²) in [6.45, 7) is 5.35. The van der Waals surface area contributed by atoms with E-state index in [9.17, 15) is 9.59 Å². The van der Waals surface area contributed by atoms with E-state index in [0.717, 1.165) is 12.8 Å². The van der Waals surface area contributed by atoms with E-state index in [2.05, 4.69) is 12.2 Å². The number of nitrogens with one attached hydrogen (secondary N) is 1. The molecule has 0 saturated carbocycles. The van der Waals surface area contributed by atoms with Gasteiger partial charge in [0.2, 0.25) is 11.8 Å². The second kappa shape index (κ2) is 6.59. The molecule has 5 nitrogen and oxygen atoms in total. The van der Waals surface area contributed by atoms with Gasteiger partial charge in [-0.05, 0) is 12.3 Å². The normalized spacial score (nSPS) is 24.9. The Bertz CT molecular complexity index is 281. The quantitative estimate of drug-likeness (QED) is 0.670. The van der Waals surface area contributed by atoms with Crippen LogP contribution in [-0.4, -0.2) is 42.4 Å². The van der Waals surface area contributed by atoms with Gasteiger partial charge in [-0.15, -0.1) is 0 Å². The van der Waals surface area contributed by atoms with Crippen LogP contribution in [-0.2, 0) is 9.59 Å². The molecular weight excluding hydrogens is 218 g/mol. The van der Waals surface area contributed by atoms with E-state index < -0.39 is 0 Å². The van der Waals surface area contributed by atoms with E-state index in [1.165, 1.54) is 0 Å². The first-order valence-corrected chi connectivity index (χ1v) is 6.34. The smallest absolute Gasteiger partial charge is 0.239 e. The number of hydrogen-bond acceptors (Lipinski definition) is 3. The van der Waals surface area contributed by atoms with Crippen LogP contribution in [0.1, 0.15) is 33.1 Å². The lowest BCUT2D eigenvalue weighted by Crippen LogP contribution is -2.53. The molecule has 1 aliphatic rings. The molecule has 98 valence electrons. The Hall–Kier alpha value is -1.10. The lowest BCUT2D eigenvalue weighted by atomic mass is 9.94. The van der Waals surface area contributed by atoms with Crippen LogP contribution in [0.25, 0.3) is 0 Å². The Morgan fingerprint density at radius 1 is 1.59 bits per heavy atom. The third kappa shape index (κ3) is 4.34. The zero-order valence-corrected chi connectivity index (χ0v) is 10.7. The third-order valence-corrected chi connectivity index (χ3v) is 3.20. The average molecular weight is 241 g/mol. The molecule has 2 atom stereocenters. The van der Waals surface area contributed by atoms with Crippen LogP contribution in [0.5, 0.6) is 0 Å². The number of rotatable bonds is 5. The molecule has 5 heteroatoms. The summed E-state index contributed by atoms with van der Waals surface area (Å²) in [7, 11) is 0. The van der Waals surface area contributed by atoms with Crippen molar-refractivity contribution in [2.45, 2.75) is 39.2 Å². The van der Waals surface area contributed by atoms with E-state index in [4.69, 9.17) is 5.73 Å². The predicted octanol–water partition coefficient (Wildman–Crippen LogP) is 0.0984. The van der Waals surface area contributed by atoms with E-state index in [-0.39, 0.29) is 30.3 Å². The highest BCUT2D eigenvalue weighted by atomic mass is 16.2. The van der Waals surface area contributed by atoms with Crippen LogP contribution in [0.2, 0.25) is 0 Å². The first-order chi connectivity index (χ1) is 8.04. The highest BCUT2D eigenvalue weighted by Gasteiger charge is 2.29. The van der Waals surface area contributed by atoms with Gasteiger partial charge in [0.15, 0.2) is 0 Å². The summed E-state index contributed by atoms with van der Waals surface area (Å²) >= 11 is 0. The molecule has 0 aromatic heterocycles. The van der Waals surface area contributed by atoms with Gasteiger partial charge in [0.1, 0.15) is 0 Å². The average Bonchev–Trinajstić information content (AvgIpc) is 2.26. The van der Waals surface area contributed by atoms with Crippen molar-refractivity contribution in [3.8, 4) is 0 Å². The van der Waals surface area contributed by atoms with Crippen LogP contribution >= 0.6 is 0 Å². The monoisotopic (exact) mass is 241 g/mol. The maximum atomic E-state index is 11.7. The third-order valence-electron chi connectivity index (χ3n) is 3.20. The van der Waals surface area contributed by atoms with Crippen molar-refractivity contribution in [1.29, 1.82) is 0 Å². The molecule has 0 radical (unpaired) electrons. The highest BCUT2D eigenvalue weighted by molar-refractivity contribution is 5.85. The first-order valence-electron chi connectivity index (χ1n) is 6.34. The van der Waals surface area contributed by atoms with Crippen molar-refractivity contribution in [2.24, 2.45) is 11.7 Å². The molecular formula is C12H23N3O2. The number of amides is 2. The lowest BCUT2D eigenvalue weighted by molar-refractivity contribution is -0.139. The SMILES string of the molecule is CCCCNC(=O)CN1CC(N)C(C)CC1=O. The van der Waals surface area contributed by atoms with E-state index >= 15 is 0 Å². The fourth-order valence-corrected chi connectivity index (χ4v) is 1.88. The van der Waals surface area contributed by atoms with Gasteiger partial charge in [-0.3, -0.25) is 9.59 Å². The van der Waals surface area contributed by atoms with Gasteiger partial charge >= 0.3 is 0 Å². The fraction of sp³-hybridized carbons (Fsp3) is 0.833. The van der Waals surface area contributed by atoms with Gasteiger partial charge in [0.05, 0.1) is 6.54 Å². The maximum Gasteiger partial charge on any atom is 0.239 e. The number of nitrogens with two attached hydrogens (primary N) is 1. The number of carbonyl (C=O) groups excluding carboxylic acids is 2. The summed E-state index contributed by atoms with van der Waals surface area (Å²) in [5, 5.41) is 2.80. The van der Waals surface area contributed by atoms with Crippen molar-refractivity contribution < 1.29 is 9.59 Å². The van der Waals surface area contributed by atoms with E-state index in [1.54, 1.807) is 4.90 Å². The summed E-state index contributed by atoms with van der Waals surface area (Å²) in [4.78, 5) is 24.8. The van der Waals surface area contributed by atoms with Crippen molar-refractivity contribution in [3.05, 3.63) is 0 Å². The van der Waals surface area contributed by atoms with Crippen molar-refractivity contribution in [2.75, 3.05) is 19.6 Å². The molecule has 2 unspecified atom stereocenters. The zero-order valence-electron chi connectivity index (χ0n) is 10.7. The zero-order chi connectivity index (χ0) is 12.8. The largest absolute Gasteiger partial charge is 0.355 e. The van der Waals surface area contributed by atoms with Gasteiger partial charge < -0.3 is 16.0 Å². The predicted molar refractivity (Wildman–Crippen MR) is 66.3 cm³/mol. The molecule has 1 rings (SSSR count). The van der Waals surface area contributed by atoms with Crippen LogP contribution < -0.4 is 11.1 Å². The topological polar surface area (TPSA) is 75.4 Å². The molecule has 1 aliphatic heterocycles. The molecule has 0 aliphatic carbocycles. The van der Waals surface area contributed by atoms with Crippen LogP contribution in [0, 0.1) is 5.92 Å². The van der Waals surface area contributed by atoms with Crippen LogP contribution in [0.3, 0.4) is 0 Å². The number of hydrogen-bond donors (Lipinski definition) is 2. The number of piperidine rings is 1. The molecule has 0 spiro atoms. The highest BCUT2D eigenvalue weighted by Crippen LogP contribution is 2.16. The van der Waals surface area contributed by atoms with Gasteiger partial charge in [0, 0.05) is 25.6 Å². The number of nitrogens with zero attached hydrogens (tertiary/aromatic N) is 1. The lowest BCUT2D eigenvalue weighted by Gasteiger charge is -2.34. The number of carbonyl (C=O) groups is 2. The van der Waals surface area contributed by atoms with Crippen LogP contribution in [0.15, 0.2) is 0 Å². The Morgan fingerprint density at radius 3 is 2.94 bits per heavy atom. The van der Waals surface area contributed by atoms with Crippen LogP contribution in [0.4, 0.5) is 0 Å². The van der Waals surface area contributed by atoms with Gasteiger partial charge in [0.25, 0.3) is 0 Å². The second-order valence-electron chi connectivity index (χ2n) is 4.82. The minimum Gasteiger partial charge on any atom is -0.355 e. The van der Waals surface area contributed by atoms with E-state index in [1.807, 2.05) is 6.92 Å². The van der Waals surface area contributed by atoms with Crippen molar-refractivity contribution >= 4 is 11.8 Å². The Kier molecular flexibility index (Phi) is 5.41. The number of unbranched alkanes of at least 4 members (excludes halogenated alkanes) is 1. The molecule has 17 heavy (non-hydrogen) atoms. The molecule has 2 amide bonds. The van der Waals surface area contributed by atoms with Gasteiger partial charge in [-0.1, -0.05) is 20.3 Å². The minimum absolute atomic E-state index is 0.0175. The second-order valence-corrected chi connectivity index (χ2v) is 4.82. The summed E-state index contributed by atoms with van der Waals surface area (Å²) in [6.07, 6.45) is 2.46. The summed E-state index contributed by atoms with van der Waals surface area (Å²) in [5.41, 5.74) is 5.90. The molecule has 1 heterocycles. The van der Waals surface area contributed by atoms with Crippen molar-refractivity contribution in [1.82, 2.24) is 10.2 Å². The standard InChI is InChI=1S/C12H23N3O2/c1-3-4-5-14-11(16)8-15-7-10(13)9(2)6-12(15)17/h9-10H,3-8,13H2,1-2H3,(H,14,16). The van der Waals surface area contributed by atoms with Gasteiger partial charge in [-0.25, -0.2) is 0 Å². The first kappa shape index (κ1) is 14.0. The summed E-state index contributed by atoms with van der Waals surface area (Å²) in [5.74, 6) is 0.153. The molecule has 1 saturated heterocycles. The molecule has 0 aromatic carbocycles. The fourth-order valence-electron chi connectivity index (χ4n) is 1.88. The molecule has 1 fully saturated rings. The summed E-state index contributed by atoms with van der Waals surface area (Å²) in [6, 6.07) is -0.0175.